The summed E-state index contributed by atoms with van der Waals surface area (Å²) in [6, 6.07) is 16.6. The number of benzene rings is 2. The van der Waals surface area contributed by atoms with E-state index >= 15 is 0 Å². The Morgan fingerprint density at radius 1 is 1.05 bits per heavy atom. The van der Waals surface area contributed by atoms with E-state index in [-0.39, 0.29) is 0 Å². The van der Waals surface area contributed by atoms with Crippen molar-refractivity contribution in [1.82, 2.24) is 10.3 Å². The zero-order valence-corrected chi connectivity index (χ0v) is 13.1. The number of nitrogens with one attached hydrogen (secondary N) is 2. The highest BCUT2D eigenvalue weighted by atomic mass is 79.9. The Labute approximate surface area is 131 Å². The van der Waals surface area contributed by atoms with E-state index < -0.39 is 0 Å². The molecule has 0 spiro atoms. The van der Waals surface area contributed by atoms with E-state index in [9.17, 15) is 0 Å². The van der Waals surface area contributed by atoms with Crippen molar-refractivity contribution in [2.45, 2.75) is 6.54 Å². The summed E-state index contributed by atoms with van der Waals surface area (Å²) in [6.07, 6.45) is 0. The minimum Gasteiger partial charge on any atom is -0.424 e. The van der Waals surface area contributed by atoms with Crippen LogP contribution in [0.5, 0.6) is 0 Å². The van der Waals surface area contributed by atoms with E-state index in [1.807, 2.05) is 36.4 Å². The molecule has 108 valence electrons. The molecule has 0 aliphatic heterocycles. The molecule has 0 atom stereocenters. The predicted octanol–water partition coefficient (Wildman–Crippen LogP) is 3.79. The molecule has 1 aromatic heterocycles. The molecule has 0 radical (unpaired) electrons. The minimum atomic E-state index is 0.570. The first kappa shape index (κ1) is 14.1. The Hall–Kier alpha value is -1.85. The van der Waals surface area contributed by atoms with Gasteiger partial charge in [0, 0.05) is 24.1 Å². The number of hydrogen-bond donors (Lipinski definition) is 2. The van der Waals surface area contributed by atoms with Crippen molar-refractivity contribution in [3.8, 4) is 0 Å². The van der Waals surface area contributed by atoms with Crippen LogP contribution in [-0.4, -0.2) is 18.1 Å². The molecule has 0 bridgehead atoms. The van der Waals surface area contributed by atoms with Crippen molar-refractivity contribution >= 4 is 33.0 Å². The molecule has 3 aromatic rings. The van der Waals surface area contributed by atoms with Crippen molar-refractivity contribution in [1.29, 1.82) is 0 Å². The maximum Gasteiger partial charge on any atom is 0.295 e. The first-order chi connectivity index (χ1) is 10.3. The highest BCUT2D eigenvalue weighted by Gasteiger charge is 2.03. The summed E-state index contributed by atoms with van der Waals surface area (Å²) < 4.78 is 6.70. The average molecular weight is 346 g/mol. The summed E-state index contributed by atoms with van der Waals surface area (Å²) in [5, 5.41) is 6.56. The van der Waals surface area contributed by atoms with Gasteiger partial charge in [-0.25, -0.2) is 0 Å². The lowest BCUT2D eigenvalue weighted by atomic mass is 10.2. The first-order valence-electron chi connectivity index (χ1n) is 6.86. The van der Waals surface area contributed by atoms with Crippen LogP contribution in [0.25, 0.3) is 11.1 Å². The highest BCUT2D eigenvalue weighted by Crippen LogP contribution is 2.17. The third kappa shape index (κ3) is 3.83. The number of fused-ring (bicyclic) bond motifs is 1. The predicted molar refractivity (Wildman–Crippen MR) is 88.3 cm³/mol. The van der Waals surface area contributed by atoms with Crippen molar-refractivity contribution < 1.29 is 4.42 Å². The summed E-state index contributed by atoms with van der Waals surface area (Å²) >= 11 is 3.47. The Kier molecular flexibility index (Phi) is 4.52. The molecule has 3 rings (SSSR count). The molecule has 0 amide bonds. The van der Waals surface area contributed by atoms with E-state index in [0.29, 0.717) is 6.01 Å². The molecule has 5 heteroatoms. The molecule has 0 saturated carbocycles. The van der Waals surface area contributed by atoms with Crippen LogP contribution in [0.15, 0.2) is 57.4 Å². The van der Waals surface area contributed by atoms with Crippen LogP contribution in [0.2, 0.25) is 0 Å². The molecule has 2 N–H and O–H groups in total. The van der Waals surface area contributed by atoms with Crippen molar-refractivity contribution in [2.24, 2.45) is 0 Å². The van der Waals surface area contributed by atoms with Crippen LogP contribution in [-0.2, 0) is 6.54 Å². The van der Waals surface area contributed by atoms with Gasteiger partial charge in [-0.15, -0.1) is 0 Å². The molecule has 21 heavy (non-hydrogen) atoms. The normalized spacial score (nSPS) is 10.9. The first-order valence-corrected chi connectivity index (χ1v) is 7.65. The number of aromatic nitrogens is 1. The van der Waals surface area contributed by atoms with E-state index in [2.05, 4.69) is 43.7 Å². The molecule has 1 heterocycles. The summed E-state index contributed by atoms with van der Waals surface area (Å²) in [6.45, 7) is 2.45. The Morgan fingerprint density at radius 2 is 1.95 bits per heavy atom. The lowest BCUT2D eigenvalue weighted by Crippen LogP contribution is -2.21. The van der Waals surface area contributed by atoms with Crippen LogP contribution in [0, 0.1) is 0 Å². The summed E-state index contributed by atoms with van der Waals surface area (Å²) in [4.78, 5) is 4.37. The number of oxazole rings is 1. The second kappa shape index (κ2) is 6.74. The minimum absolute atomic E-state index is 0.570. The molecule has 0 aliphatic carbocycles. The molecular formula is C16H16BrN3O. The quantitative estimate of drug-likeness (QED) is 0.667. The second-order valence-corrected chi connectivity index (χ2v) is 5.64. The highest BCUT2D eigenvalue weighted by molar-refractivity contribution is 9.10. The average Bonchev–Trinajstić information content (AvgIpc) is 2.89. The van der Waals surface area contributed by atoms with Crippen molar-refractivity contribution in [3.05, 3.63) is 58.6 Å². The van der Waals surface area contributed by atoms with Crippen LogP contribution in [0.3, 0.4) is 0 Å². The van der Waals surface area contributed by atoms with E-state index in [4.69, 9.17) is 4.42 Å². The molecular weight excluding hydrogens is 330 g/mol. The van der Waals surface area contributed by atoms with E-state index in [1.54, 1.807) is 0 Å². The van der Waals surface area contributed by atoms with Gasteiger partial charge in [-0.2, -0.15) is 4.98 Å². The summed E-state index contributed by atoms with van der Waals surface area (Å²) in [5.41, 5.74) is 2.94. The number of hydrogen-bond acceptors (Lipinski definition) is 4. The van der Waals surface area contributed by atoms with Gasteiger partial charge >= 0.3 is 0 Å². The molecule has 4 nitrogen and oxygen atoms in total. The van der Waals surface area contributed by atoms with Gasteiger partial charge in [0.15, 0.2) is 5.58 Å². The van der Waals surface area contributed by atoms with E-state index in [1.165, 1.54) is 5.56 Å². The fourth-order valence-electron chi connectivity index (χ4n) is 2.09. The topological polar surface area (TPSA) is 50.1 Å². The second-order valence-electron chi connectivity index (χ2n) is 4.72. The van der Waals surface area contributed by atoms with Crippen LogP contribution in [0.1, 0.15) is 5.56 Å². The van der Waals surface area contributed by atoms with Crippen LogP contribution < -0.4 is 10.6 Å². The van der Waals surface area contributed by atoms with Gasteiger partial charge in [0.05, 0.1) is 0 Å². The molecule has 0 aliphatic rings. The number of anilines is 1. The Bertz CT molecular complexity index is 693. The lowest BCUT2D eigenvalue weighted by molar-refractivity contribution is 0.608. The largest absolute Gasteiger partial charge is 0.424 e. The van der Waals surface area contributed by atoms with Gasteiger partial charge < -0.3 is 15.1 Å². The van der Waals surface area contributed by atoms with Gasteiger partial charge in [-0.3, -0.25) is 0 Å². The Morgan fingerprint density at radius 3 is 2.81 bits per heavy atom. The van der Waals surface area contributed by atoms with Gasteiger partial charge in [0.25, 0.3) is 6.01 Å². The number of nitrogens with zero attached hydrogens (tertiary/aromatic N) is 1. The summed E-state index contributed by atoms with van der Waals surface area (Å²) in [5.74, 6) is 0. The molecule has 2 aromatic carbocycles. The fraction of sp³-hybridized carbons (Fsp3) is 0.188. The third-order valence-corrected chi connectivity index (χ3v) is 3.58. The standard InChI is InChI=1S/C16H16BrN3O/c17-13-5-3-4-12(10-13)11-18-8-9-19-16-20-14-6-1-2-7-15(14)21-16/h1-7,10,18H,8-9,11H2,(H,19,20). The van der Waals surface area contributed by atoms with Crippen molar-refractivity contribution in [3.63, 3.8) is 0 Å². The van der Waals surface area contributed by atoms with Gasteiger partial charge in [-0.1, -0.05) is 40.2 Å². The van der Waals surface area contributed by atoms with E-state index in [0.717, 1.165) is 35.2 Å². The van der Waals surface area contributed by atoms with Crippen LogP contribution in [0.4, 0.5) is 6.01 Å². The van der Waals surface area contributed by atoms with Crippen LogP contribution >= 0.6 is 15.9 Å². The zero-order chi connectivity index (χ0) is 14.5. The fourth-order valence-corrected chi connectivity index (χ4v) is 2.53. The zero-order valence-electron chi connectivity index (χ0n) is 11.5. The monoisotopic (exact) mass is 345 g/mol. The van der Waals surface area contributed by atoms with Crippen molar-refractivity contribution in [2.75, 3.05) is 18.4 Å². The molecule has 0 fully saturated rings. The summed E-state index contributed by atoms with van der Waals surface area (Å²) in [7, 11) is 0. The maximum atomic E-state index is 5.59. The third-order valence-electron chi connectivity index (χ3n) is 3.09. The lowest BCUT2D eigenvalue weighted by Gasteiger charge is -2.05. The maximum absolute atomic E-state index is 5.59. The SMILES string of the molecule is Brc1cccc(CNCCNc2nc3ccccc3o2)c1. The number of halogens is 1. The number of para-hydroxylation sites is 2. The van der Waals surface area contributed by atoms with Gasteiger partial charge in [-0.05, 0) is 29.8 Å². The number of rotatable bonds is 6. The van der Waals surface area contributed by atoms with Gasteiger partial charge in [0.2, 0.25) is 0 Å². The Balaban J connectivity index is 1.44. The van der Waals surface area contributed by atoms with Gasteiger partial charge in [0.1, 0.15) is 5.52 Å². The molecule has 0 unspecified atom stereocenters. The molecule has 0 saturated heterocycles. The smallest absolute Gasteiger partial charge is 0.295 e.